The number of hydrogen-bond donors (Lipinski definition) is 0. The average Bonchev–Trinajstić information content (AvgIpc) is 2.91. The van der Waals surface area contributed by atoms with Gasteiger partial charge in [-0.15, -0.1) is 0 Å². The van der Waals surface area contributed by atoms with E-state index < -0.39 is 6.17 Å². The predicted octanol–water partition coefficient (Wildman–Crippen LogP) is 9.01. The Labute approximate surface area is 211 Å². The summed E-state index contributed by atoms with van der Waals surface area (Å²) in [4.78, 5) is 9.11. The number of aromatic nitrogens is 2. The van der Waals surface area contributed by atoms with Crippen molar-refractivity contribution < 1.29 is 9.13 Å². The number of benzene rings is 2. The largest absolute Gasteiger partial charge is 0.491 e. The molecule has 0 amide bonds. The fraction of sp³-hybridized carbons (Fsp3) is 0.484. The molecule has 0 N–H and O–H groups in total. The minimum absolute atomic E-state index is 0.109. The van der Waals surface area contributed by atoms with Gasteiger partial charge in [-0.25, -0.2) is 14.4 Å². The van der Waals surface area contributed by atoms with E-state index >= 15 is 0 Å². The van der Waals surface area contributed by atoms with Crippen molar-refractivity contribution in [1.82, 2.24) is 9.97 Å². The van der Waals surface area contributed by atoms with Crippen molar-refractivity contribution in [1.29, 1.82) is 0 Å². The van der Waals surface area contributed by atoms with Gasteiger partial charge in [0.15, 0.2) is 5.82 Å². The summed E-state index contributed by atoms with van der Waals surface area (Å²) in [6.45, 7) is 4.55. The van der Waals surface area contributed by atoms with E-state index in [1.807, 2.05) is 36.7 Å². The molecule has 0 spiro atoms. The molecule has 4 heteroatoms. The Morgan fingerprint density at radius 3 is 1.94 bits per heavy atom. The van der Waals surface area contributed by atoms with E-state index in [2.05, 4.69) is 48.1 Å². The maximum Gasteiger partial charge on any atom is 0.159 e. The number of alkyl halides is 1. The third-order valence-corrected chi connectivity index (χ3v) is 6.42. The van der Waals surface area contributed by atoms with Crippen LogP contribution in [-0.2, 0) is 6.42 Å². The molecule has 0 aliphatic heterocycles. The van der Waals surface area contributed by atoms with Gasteiger partial charge >= 0.3 is 0 Å². The Hall–Kier alpha value is -2.75. The summed E-state index contributed by atoms with van der Waals surface area (Å²) in [5.74, 6) is 1.35. The van der Waals surface area contributed by atoms with Gasteiger partial charge < -0.3 is 4.74 Å². The monoisotopic (exact) mass is 476 g/mol. The van der Waals surface area contributed by atoms with Crippen LogP contribution < -0.4 is 4.74 Å². The van der Waals surface area contributed by atoms with Crippen LogP contribution >= 0.6 is 0 Å². The van der Waals surface area contributed by atoms with Gasteiger partial charge in [-0.05, 0) is 54.7 Å². The molecule has 1 unspecified atom stereocenters. The molecule has 0 saturated carbocycles. The molecule has 0 saturated heterocycles. The van der Waals surface area contributed by atoms with Crippen LogP contribution in [0.1, 0.15) is 83.6 Å². The minimum Gasteiger partial charge on any atom is -0.491 e. The first-order valence-electron chi connectivity index (χ1n) is 13.5. The van der Waals surface area contributed by atoms with E-state index in [4.69, 9.17) is 4.74 Å². The standard InChI is InChI=1S/C31H41FN2O/c1-3-5-7-8-9-10-11-13-29(32)24-35-30-20-18-27(19-21-30)31-33-22-28(23-34-31)26-16-14-25(15-17-26)12-6-4-2/h14-23,29H,3-13,24H2,1-2H3. The number of hydrogen-bond acceptors (Lipinski definition) is 3. The predicted molar refractivity (Wildman–Crippen MR) is 145 cm³/mol. The summed E-state index contributed by atoms with van der Waals surface area (Å²) in [7, 11) is 0. The first-order chi connectivity index (χ1) is 17.2. The van der Waals surface area contributed by atoms with Crippen LogP contribution in [-0.4, -0.2) is 22.7 Å². The molecule has 0 radical (unpaired) electrons. The number of ether oxygens (including phenoxy) is 1. The molecule has 3 aromatic rings. The molecule has 0 aliphatic rings. The fourth-order valence-corrected chi connectivity index (χ4v) is 4.16. The van der Waals surface area contributed by atoms with Gasteiger partial charge in [0.25, 0.3) is 0 Å². The lowest BCUT2D eigenvalue weighted by Gasteiger charge is -2.11. The summed E-state index contributed by atoms with van der Waals surface area (Å²) in [5, 5.41) is 0. The summed E-state index contributed by atoms with van der Waals surface area (Å²) in [6, 6.07) is 16.2. The molecular formula is C31H41FN2O. The highest BCUT2D eigenvalue weighted by molar-refractivity contribution is 5.64. The summed E-state index contributed by atoms with van der Waals surface area (Å²) < 4.78 is 19.8. The van der Waals surface area contributed by atoms with Crippen molar-refractivity contribution >= 4 is 0 Å². The molecule has 3 rings (SSSR count). The maximum absolute atomic E-state index is 14.2. The average molecular weight is 477 g/mol. The van der Waals surface area contributed by atoms with Gasteiger partial charge in [0.05, 0.1) is 0 Å². The zero-order chi connectivity index (χ0) is 24.7. The molecular weight excluding hydrogens is 435 g/mol. The Morgan fingerprint density at radius 1 is 0.686 bits per heavy atom. The second kappa shape index (κ2) is 15.3. The highest BCUT2D eigenvalue weighted by Gasteiger charge is 2.09. The fourth-order valence-electron chi connectivity index (χ4n) is 4.16. The van der Waals surface area contributed by atoms with E-state index in [9.17, 15) is 4.39 Å². The van der Waals surface area contributed by atoms with Gasteiger partial charge in [-0.1, -0.05) is 89.5 Å². The van der Waals surface area contributed by atoms with Crippen molar-refractivity contribution in [2.24, 2.45) is 0 Å². The molecule has 3 nitrogen and oxygen atoms in total. The first kappa shape index (κ1) is 26.8. The summed E-state index contributed by atoms with van der Waals surface area (Å²) in [6.07, 6.45) is 15.3. The van der Waals surface area contributed by atoms with Crippen LogP contribution in [0.4, 0.5) is 4.39 Å². The second-order valence-corrected chi connectivity index (χ2v) is 9.44. The van der Waals surface area contributed by atoms with Crippen molar-refractivity contribution in [3.63, 3.8) is 0 Å². The van der Waals surface area contributed by atoms with E-state index in [0.717, 1.165) is 36.0 Å². The molecule has 35 heavy (non-hydrogen) atoms. The molecule has 0 bridgehead atoms. The van der Waals surface area contributed by atoms with E-state index in [1.54, 1.807) is 0 Å². The van der Waals surface area contributed by atoms with Crippen LogP contribution in [0.3, 0.4) is 0 Å². The van der Waals surface area contributed by atoms with E-state index in [1.165, 1.54) is 50.5 Å². The van der Waals surface area contributed by atoms with E-state index in [0.29, 0.717) is 18.0 Å². The number of unbranched alkanes of at least 4 members (excludes halogenated alkanes) is 7. The van der Waals surface area contributed by atoms with Crippen LogP contribution in [0.15, 0.2) is 60.9 Å². The Bertz CT molecular complexity index is 955. The summed E-state index contributed by atoms with van der Waals surface area (Å²) in [5.41, 5.74) is 4.41. The zero-order valence-corrected chi connectivity index (χ0v) is 21.5. The second-order valence-electron chi connectivity index (χ2n) is 9.44. The highest BCUT2D eigenvalue weighted by atomic mass is 19.1. The minimum atomic E-state index is -0.915. The molecule has 1 atom stereocenters. The van der Waals surface area contributed by atoms with Gasteiger partial charge in [0.2, 0.25) is 0 Å². The van der Waals surface area contributed by atoms with Gasteiger partial charge in [0, 0.05) is 23.5 Å². The number of aryl methyl sites for hydroxylation is 1. The third kappa shape index (κ3) is 9.43. The molecule has 188 valence electrons. The topological polar surface area (TPSA) is 35.0 Å². The SMILES string of the molecule is CCCCCCCCCC(F)COc1ccc(-c2ncc(-c3ccc(CCCC)cc3)cn2)cc1. The lowest BCUT2D eigenvalue weighted by molar-refractivity contribution is 0.184. The molecule has 0 aliphatic carbocycles. The zero-order valence-electron chi connectivity index (χ0n) is 21.5. The van der Waals surface area contributed by atoms with Crippen LogP contribution in [0, 0.1) is 0 Å². The number of nitrogens with zero attached hydrogens (tertiary/aromatic N) is 2. The molecule has 1 aromatic heterocycles. The van der Waals surface area contributed by atoms with Crippen LogP contribution in [0.5, 0.6) is 5.75 Å². The first-order valence-corrected chi connectivity index (χ1v) is 13.5. The smallest absolute Gasteiger partial charge is 0.159 e. The highest BCUT2D eigenvalue weighted by Crippen LogP contribution is 2.23. The lowest BCUT2D eigenvalue weighted by atomic mass is 10.0. The Kier molecular flexibility index (Phi) is 11.7. The number of rotatable bonds is 16. The van der Waals surface area contributed by atoms with Crippen molar-refractivity contribution in [3.8, 4) is 28.3 Å². The van der Waals surface area contributed by atoms with Gasteiger partial charge in [0.1, 0.15) is 18.5 Å². The molecule has 1 heterocycles. The molecule has 0 fully saturated rings. The number of halogens is 1. The Balaban J connectivity index is 1.43. The van der Waals surface area contributed by atoms with Crippen molar-refractivity contribution in [3.05, 3.63) is 66.5 Å². The van der Waals surface area contributed by atoms with Gasteiger partial charge in [-0.3, -0.25) is 0 Å². The quantitative estimate of drug-likeness (QED) is 0.193. The lowest BCUT2D eigenvalue weighted by Crippen LogP contribution is -2.12. The Morgan fingerprint density at radius 2 is 1.29 bits per heavy atom. The normalized spacial score (nSPS) is 12.0. The van der Waals surface area contributed by atoms with Gasteiger partial charge in [-0.2, -0.15) is 0 Å². The van der Waals surface area contributed by atoms with Crippen molar-refractivity contribution in [2.45, 2.75) is 90.6 Å². The maximum atomic E-state index is 14.2. The summed E-state index contributed by atoms with van der Waals surface area (Å²) >= 11 is 0. The van der Waals surface area contributed by atoms with Crippen LogP contribution in [0.25, 0.3) is 22.5 Å². The van der Waals surface area contributed by atoms with Crippen LogP contribution in [0.2, 0.25) is 0 Å². The molecule has 2 aromatic carbocycles. The third-order valence-electron chi connectivity index (χ3n) is 6.42. The van der Waals surface area contributed by atoms with E-state index in [-0.39, 0.29) is 6.61 Å². The van der Waals surface area contributed by atoms with Crippen molar-refractivity contribution in [2.75, 3.05) is 6.61 Å².